The number of ether oxygens (including phenoxy) is 1. The van der Waals surface area contributed by atoms with Crippen LogP contribution in [0, 0.1) is 0 Å². The van der Waals surface area contributed by atoms with E-state index in [0.717, 1.165) is 29.5 Å². The highest BCUT2D eigenvalue weighted by Crippen LogP contribution is 2.33. The number of carbonyl (C=O) groups is 1. The molecule has 0 saturated carbocycles. The normalized spacial score (nSPS) is 16.6. The molecular formula is C21H21N3O3. The first-order chi connectivity index (χ1) is 13.3. The van der Waals surface area contributed by atoms with E-state index in [2.05, 4.69) is 22.3 Å². The zero-order valence-electron chi connectivity index (χ0n) is 15.2. The molecule has 6 heteroatoms. The van der Waals surface area contributed by atoms with Gasteiger partial charge in [0.2, 0.25) is 17.7 Å². The van der Waals surface area contributed by atoms with Crippen LogP contribution in [0.3, 0.4) is 0 Å². The van der Waals surface area contributed by atoms with Gasteiger partial charge in [-0.15, -0.1) is 10.2 Å². The van der Waals surface area contributed by atoms with E-state index in [0.29, 0.717) is 18.3 Å². The number of rotatable bonds is 5. The second-order valence-corrected chi connectivity index (χ2v) is 6.57. The summed E-state index contributed by atoms with van der Waals surface area (Å²) in [6.45, 7) is 0.759. The fourth-order valence-corrected chi connectivity index (χ4v) is 3.45. The first kappa shape index (κ1) is 17.4. The van der Waals surface area contributed by atoms with Gasteiger partial charge in [-0.25, -0.2) is 0 Å². The number of hydrogen-bond acceptors (Lipinski definition) is 5. The smallest absolute Gasteiger partial charge is 0.249 e. The number of nitrogens with zero attached hydrogens (tertiary/aromatic N) is 3. The molecule has 1 saturated heterocycles. The first-order valence-electron chi connectivity index (χ1n) is 9.04. The Morgan fingerprint density at radius 2 is 1.78 bits per heavy atom. The van der Waals surface area contributed by atoms with Gasteiger partial charge in [0.1, 0.15) is 12.6 Å². The highest BCUT2D eigenvalue weighted by atomic mass is 16.5. The van der Waals surface area contributed by atoms with Crippen LogP contribution in [0.5, 0.6) is 0 Å². The summed E-state index contributed by atoms with van der Waals surface area (Å²) >= 11 is 0. The van der Waals surface area contributed by atoms with Crippen LogP contribution in [0.15, 0.2) is 59.0 Å². The van der Waals surface area contributed by atoms with Crippen LogP contribution in [0.25, 0.3) is 22.6 Å². The van der Waals surface area contributed by atoms with Crippen molar-refractivity contribution in [1.29, 1.82) is 0 Å². The summed E-state index contributed by atoms with van der Waals surface area (Å²) in [6, 6.07) is 18.1. The Morgan fingerprint density at radius 3 is 2.52 bits per heavy atom. The largest absolute Gasteiger partial charge is 0.418 e. The van der Waals surface area contributed by atoms with Gasteiger partial charge in [0.05, 0.1) is 0 Å². The van der Waals surface area contributed by atoms with Crippen LogP contribution >= 0.6 is 0 Å². The number of aromatic nitrogens is 2. The van der Waals surface area contributed by atoms with E-state index < -0.39 is 0 Å². The third-order valence-corrected chi connectivity index (χ3v) is 4.81. The van der Waals surface area contributed by atoms with Crippen LogP contribution in [-0.2, 0) is 9.53 Å². The van der Waals surface area contributed by atoms with Crippen LogP contribution in [0.4, 0.5) is 0 Å². The Labute approximate surface area is 157 Å². The fourth-order valence-electron chi connectivity index (χ4n) is 3.45. The third-order valence-electron chi connectivity index (χ3n) is 4.81. The molecule has 3 aromatic rings. The Hall–Kier alpha value is -2.99. The molecule has 1 atom stereocenters. The minimum atomic E-state index is -0.169. The van der Waals surface area contributed by atoms with E-state index in [1.165, 1.54) is 7.11 Å². The van der Waals surface area contributed by atoms with Gasteiger partial charge in [-0.1, -0.05) is 42.5 Å². The van der Waals surface area contributed by atoms with Gasteiger partial charge in [0.15, 0.2) is 0 Å². The molecule has 0 N–H and O–H groups in total. The topological polar surface area (TPSA) is 68.5 Å². The lowest BCUT2D eigenvalue weighted by Crippen LogP contribution is -2.33. The number of hydrogen-bond donors (Lipinski definition) is 0. The summed E-state index contributed by atoms with van der Waals surface area (Å²) in [4.78, 5) is 14.0. The van der Waals surface area contributed by atoms with Crippen molar-refractivity contribution >= 4 is 5.91 Å². The van der Waals surface area contributed by atoms with E-state index in [9.17, 15) is 4.79 Å². The molecule has 1 aliphatic heterocycles. The highest BCUT2D eigenvalue weighted by molar-refractivity contribution is 5.78. The Balaban J connectivity index is 1.53. The molecule has 2 heterocycles. The average Bonchev–Trinajstić information content (AvgIpc) is 3.38. The van der Waals surface area contributed by atoms with E-state index in [-0.39, 0.29) is 18.6 Å². The highest BCUT2D eigenvalue weighted by Gasteiger charge is 2.33. The van der Waals surface area contributed by atoms with E-state index in [4.69, 9.17) is 9.15 Å². The van der Waals surface area contributed by atoms with Crippen molar-refractivity contribution in [3.05, 3.63) is 60.5 Å². The van der Waals surface area contributed by atoms with Crippen molar-refractivity contribution in [3.8, 4) is 22.6 Å². The van der Waals surface area contributed by atoms with Gasteiger partial charge >= 0.3 is 0 Å². The SMILES string of the molecule is COCC(=O)N1CCCC1c1nnc(-c2ccc(-c3ccccc3)cc2)o1. The summed E-state index contributed by atoms with van der Waals surface area (Å²) in [7, 11) is 1.52. The molecule has 1 aromatic heterocycles. The summed E-state index contributed by atoms with van der Waals surface area (Å²) in [5, 5.41) is 8.38. The molecule has 1 aliphatic rings. The van der Waals surface area contributed by atoms with Gasteiger partial charge in [0, 0.05) is 19.2 Å². The summed E-state index contributed by atoms with van der Waals surface area (Å²) in [5.41, 5.74) is 3.15. The zero-order valence-corrected chi connectivity index (χ0v) is 15.2. The van der Waals surface area contributed by atoms with E-state index in [1.807, 2.05) is 42.5 Å². The standard InChI is InChI=1S/C21H21N3O3/c1-26-14-19(25)24-13-5-8-18(24)21-23-22-20(27-21)17-11-9-16(10-12-17)15-6-3-2-4-7-15/h2-4,6-7,9-12,18H,5,8,13-14H2,1H3. The molecule has 0 aliphatic carbocycles. The average molecular weight is 363 g/mol. The lowest BCUT2D eigenvalue weighted by molar-refractivity contribution is -0.136. The van der Waals surface area contributed by atoms with Crippen molar-refractivity contribution < 1.29 is 13.9 Å². The molecule has 0 bridgehead atoms. The van der Waals surface area contributed by atoms with Gasteiger partial charge in [-0.05, 0) is 36.1 Å². The van der Waals surface area contributed by atoms with Crippen molar-refractivity contribution in [2.24, 2.45) is 0 Å². The first-order valence-corrected chi connectivity index (χ1v) is 9.04. The molecule has 1 unspecified atom stereocenters. The summed E-state index contributed by atoms with van der Waals surface area (Å²) in [5.74, 6) is 0.904. The van der Waals surface area contributed by atoms with Crippen LogP contribution in [0.1, 0.15) is 24.8 Å². The molecule has 1 fully saturated rings. The van der Waals surface area contributed by atoms with Crippen LogP contribution < -0.4 is 0 Å². The van der Waals surface area contributed by atoms with Crippen molar-refractivity contribution in [3.63, 3.8) is 0 Å². The number of benzene rings is 2. The molecule has 4 rings (SSSR count). The van der Waals surface area contributed by atoms with Gasteiger partial charge in [0.25, 0.3) is 0 Å². The van der Waals surface area contributed by atoms with Crippen molar-refractivity contribution in [1.82, 2.24) is 15.1 Å². The Bertz CT molecular complexity index is 906. The van der Waals surface area contributed by atoms with E-state index >= 15 is 0 Å². The summed E-state index contributed by atoms with van der Waals surface area (Å²) in [6.07, 6.45) is 1.74. The molecule has 6 nitrogen and oxygen atoms in total. The molecule has 0 radical (unpaired) electrons. The number of methoxy groups -OCH3 is 1. The zero-order chi connectivity index (χ0) is 18.6. The number of amides is 1. The van der Waals surface area contributed by atoms with Crippen molar-refractivity contribution in [2.45, 2.75) is 18.9 Å². The Morgan fingerprint density at radius 1 is 1.07 bits per heavy atom. The minimum Gasteiger partial charge on any atom is -0.418 e. The quantitative estimate of drug-likeness (QED) is 0.691. The van der Waals surface area contributed by atoms with E-state index in [1.54, 1.807) is 4.90 Å². The molecule has 138 valence electrons. The lowest BCUT2D eigenvalue weighted by Gasteiger charge is -2.21. The lowest BCUT2D eigenvalue weighted by atomic mass is 10.0. The monoisotopic (exact) mass is 363 g/mol. The number of carbonyl (C=O) groups excluding carboxylic acids is 1. The maximum Gasteiger partial charge on any atom is 0.249 e. The maximum absolute atomic E-state index is 12.2. The van der Waals surface area contributed by atoms with Crippen LogP contribution in [0.2, 0.25) is 0 Å². The number of likely N-dealkylation sites (tertiary alicyclic amines) is 1. The van der Waals surface area contributed by atoms with Crippen LogP contribution in [-0.4, -0.2) is 41.3 Å². The molecular weight excluding hydrogens is 342 g/mol. The van der Waals surface area contributed by atoms with Gasteiger partial charge in [-0.3, -0.25) is 4.79 Å². The summed E-state index contributed by atoms with van der Waals surface area (Å²) < 4.78 is 10.9. The predicted octanol–water partition coefficient (Wildman–Crippen LogP) is 3.71. The predicted molar refractivity (Wildman–Crippen MR) is 101 cm³/mol. The van der Waals surface area contributed by atoms with Gasteiger partial charge < -0.3 is 14.1 Å². The van der Waals surface area contributed by atoms with Crippen molar-refractivity contribution in [2.75, 3.05) is 20.3 Å². The Kier molecular flexibility index (Phi) is 4.98. The fraction of sp³-hybridized carbons (Fsp3) is 0.286. The maximum atomic E-state index is 12.2. The van der Waals surface area contributed by atoms with Gasteiger partial charge in [-0.2, -0.15) is 0 Å². The molecule has 2 aromatic carbocycles. The molecule has 27 heavy (non-hydrogen) atoms. The second-order valence-electron chi connectivity index (χ2n) is 6.57. The minimum absolute atomic E-state index is 0.0491. The second kappa shape index (κ2) is 7.72. The molecule has 1 amide bonds. The molecule has 0 spiro atoms. The third kappa shape index (κ3) is 3.61.